The van der Waals surface area contributed by atoms with E-state index in [2.05, 4.69) is 30.0 Å². The van der Waals surface area contributed by atoms with Gasteiger partial charge in [-0.1, -0.05) is 6.07 Å². The monoisotopic (exact) mass is 986 g/mol. The Kier molecular flexibility index (Phi) is 15.6. The molecule has 0 spiro atoms. The minimum absolute atomic E-state index is 0.0172. The van der Waals surface area contributed by atoms with Crippen LogP contribution in [0.15, 0.2) is 83.7 Å². The Morgan fingerprint density at radius 2 is 1.39 bits per heavy atom. The number of sulfone groups is 2. The number of nitrogens with two attached hydrogens (primary N) is 1. The number of alkyl halides is 1. The molecule has 4 aromatic carbocycles. The van der Waals surface area contributed by atoms with E-state index in [0.717, 1.165) is 38.5 Å². The molecule has 1 amide bonds. The van der Waals surface area contributed by atoms with E-state index in [-0.39, 0.29) is 63.1 Å². The van der Waals surface area contributed by atoms with Crippen LogP contribution in [0.3, 0.4) is 0 Å². The standard InChI is InChI=1S/C32H35ClN6O18S5/c1-55-26-17-29(59(44,45)11-8-57-62(52,53)54)27(56-2)15-23(26)37-36-22-16-28(61(49,50)51)24(14-21(22)35-30(41)4-3-9-58(42,43)10-7-33)38-39-32-20(34)6-5-18-12-19(60(46,47)48)13-25(40)31(18)32/h5-6,12-17,40H,3-4,7-11,34H2,1-2H3,(H,35,41)(H,46,47,48)(H,49,50,51)(H,52,53,54)/b37-36+,39-38+. The zero-order valence-electron chi connectivity index (χ0n) is 31.9. The SMILES string of the molecule is COc1cc(S(=O)(=O)CCOS(=O)(=O)O)c(OC)cc1/N=N/c1cc(S(=O)(=O)O)c(/N=N/c2c(N)ccc3cc(S(=O)(=O)O)cc(O)c23)cc1NC(=O)CCCS(=O)(=O)CCCl. The molecule has 0 saturated carbocycles. The Labute approximate surface area is 359 Å². The third-order valence-corrected chi connectivity index (χ3v) is 14.2. The Morgan fingerprint density at radius 3 is 1.98 bits per heavy atom. The molecular formula is C32H35ClN6O18S5. The summed E-state index contributed by atoms with van der Waals surface area (Å²) >= 11 is 5.54. The second-order valence-electron chi connectivity index (χ2n) is 12.5. The summed E-state index contributed by atoms with van der Waals surface area (Å²) in [6, 6.07) is 7.64. The van der Waals surface area contributed by atoms with Gasteiger partial charge >= 0.3 is 10.4 Å². The highest BCUT2D eigenvalue weighted by Gasteiger charge is 2.26. The predicted octanol–water partition coefficient (Wildman–Crippen LogP) is 4.43. The number of aromatic hydroxyl groups is 1. The number of carbonyl (C=O) groups is 1. The van der Waals surface area contributed by atoms with Crippen molar-refractivity contribution in [3.63, 3.8) is 0 Å². The van der Waals surface area contributed by atoms with E-state index < -0.39 is 113 Å². The van der Waals surface area contributed by atoms with Gasteiger partial charge in [0.05, 0.1) is 59.7 Å². The molecule has 0 saturated heterocycles. The number of azo groups is 2. The number of nitrogens with one attached hydrogen (secondary N) is 1. The molecule has 4 aromatic rings. The average Bonchev–Trinajstić information content (AvgIpc) is 3.15. The lowest BCUT2D eigenvalue weighted by Gasteiger charge is -2.14. The van der Waals surface area contributed by atoms with Crippen molar-refractivity contribution in [2.45, 2.75) is 27.5 Å². The summed E-state index contributed by atoms with van der Waals surface area (Å²) in [6.45, 7) is -0.979. The molecule has 24 nitrogen and oxygen atoms in total. The van der Waals surface area contributed by atoms with Crippen molar-refractivity contribution in [3.05, 3.63) is 48.5 Å². The van der Waals surface area contributed by atoms with Crippen molar-refractivity contribution < 1.29 is 79.3 Å². The number of phenols is 1. The number of hydrogen-bond donors (Lipinski definition) is 6. The van der Waals surface area contributed by atoms with Gasteiger partial charge in [0, 0.05) is 30.5 Å². The van der Waals surface area contributed by atoms with E-state index in [0.29, 0.717) is 12.1 Å². The van der Waals surface area contributed by atoms with Gasteiger partial charge in [0.15, 0.2) is 19.7 Å². The minimum atomic E-state index is -5.27. The number of rotatable bonds is 20. The van der Waals surface area contributed by atoms with Crippen LogP contribution in [0.5, 0.6) is 17.2 Å². The highest BCUT2D eigenvalue weighted by atomic mass is 35.5. The number of hydrogen-bond acceptors (Lipinski definition) is 20. The maximum absolute atomic E-state index is 13.1. The molecule has 0 heterocycles. The summed E-state index contributed by atoms with van der Waals surface area (Å²) < 4.78 is 164. The molecule has 0 radical (unpaired) electrons. The highest BCUT2D eigenvalue weighted by Crippen LogP contribution is 2.44. The fraction of sp³-hybridized carbons (Fsp3) is 0.281. The number of halogens is 1. The van der Waals surface area contributed by atoms with Gasteiger partial charge in [-0.25, -0.2) is 21.0 Å². The molecule has 7 N–H and O–H groups in total. The van der Waals surface area contributed by atoms with Gasteiger partial charge < -0.3 is 25.6 Å². The molecular weight excluding hydrogens is 952 g/mol. The van der Waals surface area contributed by atoms with Crippen LogP contribution in [0, 0.1) is 0 Å². The van der Waals surface area contributed by atoms with Gasteiger partial charge in [0.25, 0.3) is 20.2 Å². The summed E-state index contributed by atoms with van der Waals surface area (Å²) in [5.41, 5.74) is 3.69. The third kappa shape index (κ3) is 13.0. The number of nitrogens with zero attached hydrogens (tertiary/aromatic N) is 4. The van der Waals surface area contributed by atoms with Crippen LogP contribution < -0.4 is 20.5 Å². The Balaban J connectivity index is 1.89. The van der Waals surface area contributed by atoms with Gasteiger partial charge in [-0.05, 0) is 36.1 Å². The normalized spacial score (nSPS) is 12.9. The molecule has 0 bridgehead atoms. The smallest absolute Gasteiger partial charge is 0.397 e. The van der Waals surface area contributed by atoms with E-state index >= 15 is 0 Å². The van der Waals surface area contributed by atoms with Crippen molar-refractivity contribution in [1.29, 1.82) is 0 Å². The Bertz CT molecular complexity index is 3040. The fourth-order valence-electron chi connectivity index (χ4n) is 5.33. The number of phenolic OH excluding ortho intramolecular Hbond substituents is 1. The van der Waals surface area contributed by atoms with E-state index in [9.17, 15) is 61.1 Å². The van der Waals surface area contributed by atoms with Crippen molar-refractivity contribution >= 4 is 113 Å². The van der Waals surface area contributed by atoms with Crippen LogP contribution in [0.1, 0.15) is 12.8 Å². The fourth-order valence-corrected chi connectivity index (χ4v) is 9.87. The zero-order chi connectivity index (χ0) is 46.4. The molecule has 0 atom stereocenters. The number of carbonyl (C=O) groups excluding carboxylic acids is 1. The number of ether oxygens (including phenoxy) is 2. The third-order valence-electron chi connectivity index (χ3n) is 8.16. The lowest BCUT2D eigenvalue weighted by atomic mass is 10.1. The molecule has 0 aliphatic carbocycles. The summed E-state index contributed by atoms with van der Waals surface area (Å²) in [6.07, 6.45) is -0.600. The van der Waals surface area contributed by atoms with Crippen molar-refractivity contribution in [2.24, 2.45) is 20.5 Å². The minimum Gasteiger partial charge on any atom is -0.507 e. The first-order valence-electron chi connectivity index (χ1n) is 16.9. The van der Waals surface area contributed by atoms with Crippen LogP contribution in [0.4, 0.5) is 34.1 Å². The van der Waals surface area contributed by atoms with Crippen molar-refractivity contribution in [2.75, 3.05) is 55.0 Å². The first-order chi connectivity index (χ1) is 28.7. The number of anilines is 2. The van der Waals surface area contributed by atoms with Gasteiger partial charge in [0.1, 0.15) is 49.8 Å². The molecule has 0 aliphatic rings. The summed E-state index contributed by atoms with van der Waals surface area (Å²) in [5, 5.41) is 28.7. The largest absolute Gasteiger partial charge is 0.507 e. The Hall–Kier alpha value is -5.11. The molecule has 62 heavy (non-hydrogen) atoms. The summed E-state index contributed by atoms with van der Waals surface area (Å²) in [7, 11) is -20.9. The number of fused-ring (bicyclic) bond motifs is 1. The zero-order valence-corrected chi connectivity index (χ0v) is 36.7. The topological polar surface area (TPSA) is 384 Å². The van der Waals surface area contributed by atoms with Crippen LogP contribution in [0.25, 0.3) is 10.8 Å². The maximum Gasteiger partial charge on any atom is 0.397 e. The van der Waals surface area contributed by atoms with Gasteiger partial charge in [-0.2, -0.15) is 25.3 Å². The van der Waals surface area contributed by atoms with E-state index in [1.54, 1.807) is 0 Å². The maximum atomic E-state index is 13.1. The molecule has 0 unspecified atom stereocenters. The molecule has 0 aliphatic heterocycles. The highest BCUT2D eigenvalue weighted by molar-refractivity contribution is 7.91. The molecule has 338 valence electrons. The second kappa shape index (κ2) is 19.5. The first kappa shape index (κ1) is 49.5. The van der Waals surface area contributed by atoms with Gasteiger partial charge in [-0.3, -0.25) is 18.5 Å². The summed E-state index contributed by atoms with van der Waals surface area (Å²) in [5.74, 6) is -4.18. The second-order valence-corrected chi connectivity index (χ2v) is 21.1. The quantitative estimate of drug-likeness (QED) is 0.0308. The number of methoxy groups -OCH3 is 2. The Morgan fingerprint density at radius 1 is 0.742 bits per heavy atom. The van der Waals surface area contributed by atoms with E-state index in [1.165, 1.54) is 12.1 Å². The lowest BCUT2D eigenvalue weighted by Crippen LogP contribution is -2.16. The predicted molar refractivity (Wildman–Crippen MR) is 221 cm³/mol. The van der Waals surface area contributed by atoms with Crippen LogP contribution in [-0.4, -0.2) is 111 Å². The van der Waals surface area contributed by atoms with Crippen LogP contribution in [-0.2, 0) is 59.3 Å². The van der Waals surface area contributed by atoms with Crippen LogP contribution in [0.2, 0.25) is 0 Å². The molecule has 4 rings (SSSR count). The van der Waals surface area contributed by atoms with Gasteiger partial charge in [-0.15, -0.1) is 32.1 Å². The first-order valence-corrected chi connectivity index (χ1v) is 25.1. The summed E-state index contributed by atoms with van der Waals surface area (Å²) in [4.78, 5) is 10.9. The molecule has 30 heteroatoms. The lowest BCUT2D eigenvalue weighted by molar-refractivity contribution is -0.116. The number of benzene rings is 4. The van der Waals surface area contributed by atoms with E-state index in [4.69, 9.17) is 31.4 Å². The van der Waals surface area contributed by atoms with Crippen molar-refractivity contribution in [3.8, 4) is 17.2 Å². The number of nitrogen functional groups attached to an aromatic ring is 1. The van der Waals surface area contributed by atoms with E-state index in [1.807, 2.05) is 0 Å². The number of amides is 1. The molecule has 0 fully saturated rings. The van der Waals surface area contributed by atoms with Crippen molar-refractivity contribution in [1.82, 2.24) is 0 Å². The molecule has 0 aromatic heterocycles. The average molecular weight is 987 g/mol. The van der Waals surface area contributed by atoms with Gasteiger partial charge in [0.2, 0.25) is 5.91 Å². The van der Waals surface area contributed by atoms with Crippen LogP contribution >= 0.6 is 11.6 Å².